The van der Waals surface area contributed by atoms with E-state index in [0.29, 0.717) is 38.2 Å². The van der Waals surface area contributed by atoms with Crippen molar-refractivity contribution in [3.63, 3.8) is 0 Å². The van der Waals surface area contributed by atoms with Crippen LogP contribution in [0.15, 0.2) is 60.3 Å². The molecule has 2 aliphatic rings. The summed E-state index contributed by atoms with van der Waals surface area (Å²) >= 11 is 0. The average Bonchev–Trinajstić information content (AvgIpc) is 3.15. The highest BCUT2D eigenvalue weighted by atomic mass is 16.5. The lowest BCUT2D eigenvalue weighted by Crippen LogP contribution is -2.28. The zero-order valence-electron chi connectivity index (χ0n) is 19.3. The van der Waals surface area contributed by atoms with Gasteiger partial charge in [0.25, 0.3) is 0 Å². The third-order valence-electron chi connectivity index (χ3n) is 6.16. The van der Waals surface area contributed by atoms with Gasteiger partial charge in [0.05, 0.1) is 31.3 Å². The highest BCUT2D eigenvalue weighted by molar-refractivity contribution is 5.91. The summed E-state index contributed by atoms with van der Waals surface area (Å²) in [5.74, 6) is 0.293. The van der Waals surface area contributed by atoms with E-state index in [9.17, 15) is 9.59 Å². The van der Waals surface area contributed by atoms with E-state index in [2.05, 4.69) is 11.0 Å². The minimum absolute atomic E-state index is 0.0626. The quantitative estimate of drug-likeness (QED) is 0.392. The molecule has 0 fully saturated rings. The Balaban J connectivity index is 1.54. The van der Waals surface area contributed by atoms with Crippen molar-refractivity contribution in [1.29, 1.82) is 0 Å². The van der Waals surface area contributed by atoms with Crippen molar-refractivity contribution in [2.75, 3.05) is 31.3 Å². The molecule has 2 atom stereocenters. The second kappa shape index (κ2) is 10.6. The molecule has 4 rings (SSSR count). The summed E-state index contributed by atoms with van der Waals surface area (Å²) in [5.41, 5.74) is 3.90. The van der Waals surface area contributed by atoms with E-state index in [1.54, 1.807) is 6.92 Å². The summed E-state index contributed by atoms with van der Waals surface area (Å²) in [6.07, 6.45) is 4.36. The Morgan fingerprint density at radius 1 is 1.03 bits per heavy atom. The fraction of sp³-hybridized carbons (Fsp3) is 0.407. The predicted octanol–water partition coefficient (Wildman–Crippen LogP) is 5.09. The summed E-state index contributed by atoms with van der Waals surface area (Å²) in [6.45, 7) is 5.76. The largest absolute Gasteiger partial charge is 0.494 e. The van der Waals surface area contributed by atoms with Gasteiger partial charge in [0.15, 0.2) is 0 Å². The first-order chi connectivity index (χ1) is 16.1. The summed E-state index contributed by atoms with van der Waals surface area (Å²) < 4.78 is 16.4. The molecule has 0 aromatic heterocycles. The number of esters is 2. The van der Waals surface area contributed by atoms with Gasteiger partial charge in [-0.05, 0) is 69.0 Å². The van der Waals surface area contributed by atoms with E-state index in [-0.39, 0.29) is 23.8 Å². The molecule has 174 valence electrons. The number of fused-ring (bicyclic) bond motifs is 3. The molecule has 6 nitrogen and oxygen atoms in total. The molecule has 1 aliphatic heterocycles. The lowest BCUT2D eigenvalue weighted by Gasteiger charge is -2.29. The molecular weight excluding hydrogens is 418 g/mol. The number of ether oxygens (including phenoxy) is 3. The SMILES string of the molecule is CCOC(=O)c1ccc2c(c1)C1CC(C(=O)OCC)CC=C1N2CCCOc1ccccc1. The van der Waals surface area contributed by atoms with Gasteiger partial charge in [-0.15, -0.1) is 0 Å². The van der Waals surface area contributed by atoms with E-state index in [4.69, 9.17) is 14.2 Å². The van der Waals surface area contributed by atoms with Crippen molar-refractivity contribution in [3.8, 4) is 5.75 Å². The van der Waals surface area contributed by atoms with Gasteiger partial charge in [0.1, 0.15) is 5.75 Å². The average molecular weight is 450 g/mol. The molecule has 2 aromatic rings. The first kappa shape index (κ1) is 22.9. The Labute approximate surface area is 195 Å². The summed E-state index contributed by atoms with van der Waals surface area (Å²) in [6, 6.07) is 15.6. The maximum Gasteiger partial charge on any atom is 0.338 e. The van der Waals surface area contributed by atoms with Crippen LogP contribution in [0, 0.1) is 5.92 Å². The van der Waals surface area contributed by atoms with Crippen molar-refractivity contribution >= 4 is 17.6 Å². The van der Waals surface area contributed by atoms with Crippen LogP contribution < -0.4 is 9.64 Å². The van der Waals surface area contributed by atoms with Gasteiger partial charge in [-0.3, -0.25) is 4.79 Å². The van der Waals surface area contributed by atoms with Crippen LogP contribution >= 0.6 is 0 Å². The molecule has 0 saturated carbocycles. The minimum atomic E-state index is -0.321. The Morgan fingerprint density at radius 2 is 1.82 bits per heavy atom. The minimum Gasteiger partial charge on any atom is -0.494 e. The van der Waals surface area contributed by atoms with Crippen molar-refractivity contribution in [3.05, 3.63) is 71.4 Å². The van der Waals surface area contributed by atoms with Crippen molar-refractivity contribution in [2.24, 2.45) is 5.92 Å². The van der Waals surface area contributed by atoms with E-state index < -0.39 is 0 Å². The highest BCUT2D eigenvalue weighted by Gasteiger charge is 2.39. The second-order valence-electron chi connectivity index (χ2n) is 8.26. The Hall–Kier alpha value is -3.28. The van der Waals surface area contributed by atoms with Crippen LogP contribution in [0.5, 0.6) is 5.75 Å². The van der Waals surface area contributed by atoms with Crippen LogP contribution in [0.4, 0.5) is 5.69 Å². The van der Waals surface area contributed by atoms with Crippen LogP contribution in [0.25, 0.3) is 0 Å². The maximum atomic E-state index is 12.4. The molecule has 0 N–H and O–H groups in total. The van der Waals surface area contributed by atoms with Gasteiger partial charge >= 0.3 is 11.9 Å². The van der Waals surface area contributed by atoms with Crippen molar-refractivity contribution < 1.29 is 23.8 Å². The number of carbonyl (C=O) groups excluding carboxylic acids is 2. The van der Waals surface area contributed by atoms with E-state index >= 15 is 0 Å². The molecule has 1 heterocycles. The maximum absolute atomic E-state index is 12.4. The molecule has 0 spiro atoms. The number of hydrogen-bond acceptors (Lipinski definition) is 6. The van der Waals surface area contributed by atoms with Gasteiger partial charge < -0.3 is 19.1 Å². The molecule has 0 bridgehead atoms. The van der Waals surface area contributed by atoms with Gasteiger partial charge in [-0.25, -0.2) is 4.79 Å². The molecule has 33 heavy (non-hydrogen) atoms. The molecular formula is C27H31NO5. The molecule has 2 aromatic carbocycles. The first-order valence-corrected chi connectivity index (χ1v) is 11.8. The third kappa shape index (κ3) is 5.05. The topological polar surface area (TPSA) is 65.1 Å². The Morgan fingerprint density at radius 3 is 2.58 bits per heavy atom. The van der Waals surface area contributed by atoms with Gasteiger partial charge in [0, 0.05) is 23.8 Å². The number of rotatable bonds is 9. The van der Waals surface area contributed by atoms with Gasteiger partial charge in [0.2, 0.25) is 0 Å². The van der Waals surface area contributed by atoms with Crippen LogP contribution in [0.2, 0.25) is 0 Å². The highest BCUT2D eigenvalue weighted by Crippen LogP contribution is 2.50. The smallest absolute Gasteiger partial charge is 0.338 e. The third-order valence-corrected chi connectivity index (χ3v) is 6.16. The summed E-state index contributed by atoms with van der Waals surface area (Å²) in [7, 11) is 0. The van der Waals surface area contributed by atoms with Crippen LogP contribution in [-0.4, -0.2) is 38.3 Å². The number of para-hydroxylation sites is 1. The Kier molecular flexibility index (Phi) is 7.33. The number of carbonyl (C=O) groups is 2. The molecule has 0 amide bonds. The van der Waals surface area contributed by atoms with Crippen LogP contribution in [0.1, 0.15) is 54.9 Å². The number of nitrogens with zero attached hydrogens (tertiary/aromatic N) is 1. The standard InChI is InChI=1S/C27H31NO5/c1-3-31-26(29)19-11-13-24-22(17-19)23-18-20(27(30)32-4-2)12-14-25(23)28(24)15-8-16-33-21-9-6-5-7-10-21/h5-7,9-11,13-14,17,20,23H,3-4,8,12,15-16,18H2,1-2H3. The fourth-order valence-electron chi connectivity index (χ4n) is 4.68. The zero-order chi connectivity index (χ0) is 23.2. The second-order valence-corrected chi connectivity index (χ2v) is 8.26. The van der Waals surface area contributed by atoms with Gasteiger partial charge in [-0.2, -0.15) is 0 Å². The van der Waals surface area contributed by atoms with Crippen LogP contribution in [-0.2, 0) is 14.3 Å². The predicted molar refractivity (Wildman–Crippen MR) is 126 cm³/mol. The monoisotopic (exact) mass is 449 g/mol. The normalized spacial score (nSPS) is 18.7. The van der Waals surface area contributed by atoms with E-state index in [1.807, 2.05) is 55.5 Å². The summed E-state index contributed by atoms with van der Waals surface area (Å²) in [4.78, 5) is 27.1. The van der Waals surface area contributed by atoms with Crippen LogP contribution in [0.3, 0.4) is 0 Å². The number of hydrogen-bond donors (Lipinski definition) is 0. The Bertz CT molecular complexity index is 1020. The lowest BCUT2D eigenvalue weighted by molar-refractivity contribution is -0.148. The van der Waals surface area contributed by atoms with E-state index in [0.717, 1.165) is 30.0 Å². The molecule has 0 saturated heterocycles. The molecule has 1 aliphatic carbocycles. The van der Waals surface area contributed by atoms with Crippen molar-refractivity contribution in [1.82, 2.24) is 0 Å². The summed E-state index contributed by atoms with van der Waals surface area (Å²) in [5, 5.41) is 0. The van der Waals surface area contributed by atoms with Gasteiger partial charge in [-0.1, -0.05) is 24.3 Å². The van der Waals surface area contributed by atoms with E-state index in [1.165, 1.54) is 5.70 Å². The fourth-order valence-corrected chi connectivity index (χ4v) is 4.68. The molecule has 0 radical (unpaired) electrons. The zero-order valence-corrected chi connectivity index (χ0v) is 19.3. The number of benzene rings is 2. The first-order valence-electron chi connectivity index (χ1n) is 11.8. The number of allylic oxidation sites excluding steroid dienone is 2. The van der Waals surface area contributed by atoms with Crippen molar-refractivity contribution in [2.45, 2.75) is 39.0 Å². The lowest BCUT2D eigenvalue weighted by atomic mass is 9.81. The molecule has 6 heteroatoms. The molecule has 2 unspecified atom stereocenters. The number of anilines is 1.